The first-order chi connectivity index (χ1) is 16.0. The number of sulfonamides is 1. The Kier molecular flexibility index (Phi) is 7.23. The Morgan fingerprint density at radius 3 is 2.67 bits per heavy atom. The van der Waals surface area contributed by atoms with Crippen molar-refractivity contribution in [1.29, 1.82) is 0 Å². The summed E-state index contributed by atoms with van der Waals surface area (Å²) in [6.07, 6.45) is 1.65. The van der Waals surface area contributed by atoms with Gasteiger partial charge in [-0.15, -0.1) is 11.3 Å². The van der Waals surface area contributed by atoms with Crippen LogP contribution in [0.5, 0.6) is 11.5 Å². The molecule has 0 saturated carbocycles. The second kappa shape index (κ2) is 10.3. The van der Waals surface area contributed by atoms with Gasteiger partial charge in [0, 0.05) is 24.0 Å². The first-order valence-corrected chi connectivity index (χ1v) is 12.5. The number of hydrogen-bond donors (Lipinski definition) is 1. The van der Waals surface area contributed by atoms with Gasteiger partial charge < -0.3 is 14.2 Å². The number of hydrazone groups is 1. The lowest BCUT2D eigenvalue weighted by Gasteiger charge is -2.26. The van der Waals surface area contributed by atoms with Crippen LogP contribution in [0.15, 0.2) is 57.8 Å². The van der Waals surface area contributed by atoms with Crippen molar-refractivity contribution in [3.8, 4) is 22.8 Å². The van der Waals surface area contributed by atoms with Crippen molar-refractivity contribution in [2.24, 2.45) is 5.10 Å². The largest absolute Gasteiger partial charge is 0.493 e. The molecule has 1 N–H and O–H groups in total. The minimum Gasteiger partial charge on any atom is -0.493 e. The second-order valence-electron chi connectivity index (χ2n) is 7.07. The topological polar surface area (TPSA) is 102 Å². The first-order valence-electron chi connectivity index (χ1n) is 10.2. The molecule has 0 spiro atoms. The SMILES string of the molecule is COc1ccc(/C=N\Nc2nc(-c3cccc(S(=O)(=O)N4CCOCC4)c3)cs2)cc1OC. The highest BCUT2D eigenvalue weighted by atomic mass is 32.2. The summed E-state index contributed by atoms with van der Waals surface area (Å²) in [4.78, 5) is 4.78. The normalized spacial score (nSPS) is 15.0. The van der Waals surface area contributed by atoms with Gasteiger partial charge in [-0.3, -0.25) is 5.43 Å². The number of thiazole rings is 1. The van der Waals surface area contributed by atoms with Crippen molar-refractivity contribution in [1.82, 2.24) is 9.29 Å². The van der Waals surface area contributed by atoms with E-state index in [2.05, 4.69) is 15.5 Å². The smallest absolute Gasteiger partial charge is 0.243 e. The van der Waals surface area contributed by atoms with Crippen LogP contribution in [0.3, 0.4) is 0 Å². The van der Waals surface area contributed by atoms with Crippen LogP contribution >= 0.6 is 11.3 Å². The van der Waals surface area contributed by atoms with Crippen LogP contribution in [0.25, 0.3) is 11.3 Å². The Bertz CT molecular complexity index is 1240. The zero-order valence-electron chi connectivity index (χ0n) is 18.2. The number of nitrogens with one attached hydrogen (secondary N) is 1. The molecule has 11 heteroatoms. The highest BCUT2D eigenvalue weighted by Crippen LogP contribution is 2.29. The molecule has 0 amide bonds. The van der Waals surface area contributed by atoms with Crippen LogP contribution in [0.1, 0.15) is 5.56 Å². The van der Waals surface area contributed by atoms with Gasteiger partial charge >= 0.3 is 0 Å². The molecule has 174 valence electrons. The Balaban J connectivity index is 1.46. The third-order valence-electron chi connectivity index (χ3n) is 5.02. The fourth-order valence-corrected chi connectivity index (χ4v) is 5.43. The number of methoxy groups -OCH3 is 2. The number of anilines is 1. The fourth-order valence-electron chi connectivity index (χ4n) is 3.30. The summed E-state index contributed by atoms with van der Waals surface area (Å²) in [5, 5.41) is 6.67. The summed E-state index contributed by atoms with van der Waals surface area (Å²) in [5.74, 6) is 1.26. The predicted octanol–water partition coefficient (Wildman–Crippen LogP) is 3.29. The number of aromatic nitrogens is 1. The van der Waals surface area contributed by atoms with Crippen molar-refractivity contribution in [3.63, 3.8) is 0 Å². The maximum absolute atomic E-state index is 12.9. The standard InChI is InChI=1S/C22H24N4O5S2/c1-29-20-7-6-16(12-21(20)30-2)14-23-25-22-24-19(15-32-22)17-4-3-5-18(13-17)33(27,28)26-8-10-31-11-9-26/h3-7,12-15H,8-11H2,1-2H3,(H,24,25)/b23-14-. The Morgan fingerprint density at radius 1 is 1.12 bits per heavy atom. The molecule has 0 bridgehead atoms. The number of ether oxygens (including phenoxy) is 3. The van der Waals surface area contributed by atoms with E-state index in [0.29, 0.717) is 48.6 Å². The molecule has 0 aliphatic carbocycles. The molecule has 2 aromatic carbocycles. The summed E-state index contributed by atoms with van der Waals surface area (Å²) in [5.41, 5.74) is 5.13. The molecule has 9 nitrogen and oxygen atoms in total. The lowest BCUT2D eigenvalue weighted by Crippen LogP contribution is -2.40. The summed E-state index contributed by atoms with van der Waals surface area (Å²) in [6, 6.07) is 12.3. The molecular formula is C22H24N4O5S2. The molecule has 1 fully saturated rings. The van der Waals surface area contributed by atoms with Gasteiger partial charge in [-0.2, -0.15) is 9.41 Å². The highest BCUT2D eigenvalue weighted by Gasteiger charge is 2.26. The van der Waals surface area contributed by atoms with Gasteiger partial charge in [-0.25, -0.2) is 13.4 Å². The van der Waals surface area contributed by atoms with E-state index in [-0.39, 0.29) is 4.90 Å². The minimum absolute atomic E-state index is 0.246. The zero-order chi connectivity index (χ0) is 23.3. The number of nitrogens with zero attached hydrogens (tertiary/aromatic N) is 3. The summed E-state index contributed by atoms with van der Waals surface area (Å²) < 4.78 is 43.1. The van der Waals surface area contributed by atoms with Gasteiger partial charge in [-0.05, 0) is 35.9 Å². The molecule has 1 aliphatic heterocycles. The van der Waals surface area contributed by atoms with Crippen LogP contribution in [-0.2, 0) is 14.8 Å². The van der Waals surface area contributed by atoms with E-state index >= 15 is 0 Å². The van der Waals surface area contributed by atoms with Gasteiger partial charge in [0.05, 0.1) is 44.2 Å². The van der Waals surface area contributed by atoms with Crippen LogP contribution in [0.2, 0.25) is 0 Å². The van der Waals surface area contributed by atoms with Crippen molar-refractivity contribution in [2.45, 2.75) is 4.90 Å². The molecule has 4 rings (SSSR count). The molecule has 2 heterocycles. The Labute approximate surface area is 196 Å². The molecule has 0 unspecified atom stereocenters. The molecule has 1 aliphatic rings. The molecule has 0 atom stereocenters. The van der Waals surface area contributed by atoms with Crippen molar-refractivity contribution < 1.29 is 22.6 Å². The third-order valence-corrected chi connectivity index (χ3v) is 7.66. The maximum Gasteiger partial charge on any atom is 0.243 e. The molecular weight excluding hydrogens is 464 g/mol. The third kappa shape index (κ3) is 5.33. The highest BCUT2D eigenvalue weighted by molar-refractivity contribution is 7.89. The van der Waals surface area contributed by atoms with E-state index in [1.54, 1.807) is 44.7 Å². The van der Waals surface area contributed by atoms with E-state index in [9.17, 15) is 8.42 Å². The fraction of sp³-hybridized carbons (Fsp3) is 0.273. The quantitative estimate of drug-likeness (QED) is 0.383. The van der Waals surface area contributed by atoms with E-state index in [4.69, 9.17) is 14.2 Å². The number of morpholine rings is 1. The van der Waals surface area contributed by atoms with Gasteiger partial charge in [0.15, 0.2) is 11.5 Å². The monoisotopic (exact) mass is 488 g/mol. The lowest BCUT2D eigenvalue weighted by molar-refractivity contribution is 0.0730. The van der Waals surface area contributed by atoms with E-state index < -0.39 is 10.0 Å². The zero-order valence-corrected chi connectivity index (χ0v) is 19.9. The van der Waals surface area contributed by atoms with Gasteiger partial charge in [0.25, 0.3) is 0 Å². The number of hydrogen-bond acceptors (Lipinski definition) is 9. The van der Waals surface area contributed by atoms with E-state index in [0.717, 1.165) is 11.1 Å². The molecule has 3 aromatic rings. The van der Waals surface area contributed by atoms with Gasteiger partial charge in [0.2, 0.25) is 15.2 Å². The summed E-state index contributed by atoms with van der Waals surface area (Å²) in [6.45, 7) is 1.53. The summed E-state index contributed by atoms with van der Waals surface area (Å²) >= 11 is 1.38. The van der Waals surface area contributed by atoms with Crippen LogP contribution in [-0.4, -0.2) is 64.4 Å². The van der Waals surface area contributed by atoms with Crippen molar-refractivity contribution in [2.75, 3.05) is 45.9 Å². The maximum atomic E-state index is 12.9. The average molecular weight is 489 g/mol. The Morgan fingerprint density at radius 2 is 1.91 bits per heavy atom. The molecule has 33 heavy (non-hydrogen) atoms. The van der Waals surface area contributed by atoms with Crippen LogP contribution in [0.4, 0.5) is 5.13 Å². The number of benzene rings is 2. The second-order valence-corrected chi connectivity index (χ2v) is 9.86. The van der Waals surface area contributed by atoms with E-state index in [1.165, 1.54) is 15.6 Å². The van der Waals surface area contributed by atoms with Gasteiger partial charge in [0.1, 0.15) is 0 Å². The summed E-state index contributed by atoms with van der Waals surface area (Å²) in [7, 11) is -0.408. The lowest BCUT2D eigenvalue weighted by atomic mass is 10.2. The Hall–Kier alpha value is -2.99. The van der Waals surface area contributed by atoms with Crippen LogP contribution in [0, 0.1) is 0 Å². The molecule has 0 radical (unpaired) electrons. The molecule has 1 aromatic heterocycles. The molecule has 1 saturated heterocycles. The van der Waals surface area contributed by atoms with E-state index in [1.807, 2.05) is 23.6 Å². The average Bonchev–Trinajstić information content (AvgIpc) is 3.33. The van der Waals surface area contributed by atoms with Crippen molar-refractivity contribution >= 4 is 32.7 Å². The predicted molar refractivity (Wildman–Crippen MR) is 128 cm³/mol. The first kappa shape index (κ1) is 23.2. The minimum atomic E-state index is -3.57. The van der Waals surface area contributed by atoms with Crippen molar-refractivity contribution in [3.05, 3.63) is 53.4 Å². The number of rotatable bonds is 8. The van der Waals surface area contributed by atoms with Crippen LogP contribution < -0.4 is 14.9 Å². The van der Waals surface area contributed by atoms with Gasteiger partial charge in [-0.1, -0.05) is 12.1 Å².